The maximum atomic E-state index is 11.5. The van der Waals surface area contributed by atoms with Crippen LogP contribution in [0.4, 0.5) is 17.1 Å². The fourth-order valence-corrected chi connectivity index (χ4v) is 4.46. The summed E-state index contributed by atoms with van der Waals surface area (Å²) in [6.45, 7) is 6.84. The third kappa shape index (κ3) is 2.95. The van der Waals surface area contributed by atoms with Gasteiger partial charge in [0.25, 0.3) is 0 Å². The van der Waals surface area contributed by atoms with E-state index in [0.717, 1.165) is 31.0 Å². The lowest BCUT2D eigenvalue weighted by molar-refractivity contribution is -0.996. The quantitative estimate of drug-likeness (QED) is 0.527. The van der Waals surface area contributed by atoms with Crippen LogP contribution in [-0.4, -0.2) is 16.1 Å². The Morgan fingerprint density at radius 1 is 1.16 bits per heavy atom. The number of hydrazone groups is 1. The molecule has 2 fully saturated rings. The summed E-state index contributed by atoms with van der Waals surface area (Å²) in [5.74, 6) is 0.709. The lowest BCUT2D eigenvalue weighted by atomic mass is 9.58. The summed E-state index contributed by atoms with van der Waals surface area (Å²) in [7, 11) is 0. The largest absolute Gasteiger partial charge is 0.595 e. The maximum Gasteiger partial charge on any atom is 0.195 e. The van der Waals surface area contributed by atoms with E-state index < -0.39 is 10.5 Å². The summed E-state index contributed by atoms with van der Waals surface area (Å²) in [6.07, 6.45) is 4.31. The standard InChI is InChI=1S/C17H26N4O4/c1-16(2)11-4-7-15(17(16,3)9-8-11)19-18-13-6-5-12(20(22)23)10-14(13)21(24)25/h5-6,10-11,18,20-22,24H,4,7-9H2,1-3H3/t11-,17-/m1/s1. The van der Waals surface area contributed by atoms with E-state index in [1.807, 2.05) is 0 Å². The first-order chi connectivity index (χ1) is 11.7. The summed E-state index contributed by atoms with van der Waals surface area (Å²) in [6, 6.07) is 4.01. The number of nitrogens with one attached hydrogen (secondary N) is 3. The molecule has 4 atom stereocenters. The second kappa shape index (κ2) is 6.31. The lowest BCUT2D eigenvalue weighted by Crippen LogP contribution is -3.00. The first-order valence-electron chi connectivity index (χ1n) is 8.60. The van der Waals surface area contributed by atoms with E-state index in [1.54, 1.807) is 0 Å². The van der Waals surface area contributed by atoms with E-state index in [-0.39, 0.29) is 22.2 Å². The molecule has 1 aromatic carbocycles. The second-order valence-electron chi connectivity index (χ2n) is 7.87. The van der Waals surface area contributed by atoms with Crippen molar-refractivity contribution in [1.82, 2.24) is 0 Å². The van der Waals surface area contributed by atoms with Gasteiger partial charge in [-0.3, -0.25) is 5.43 Å². The molecule has 0 saturated heterocycles. The Hall–Kier alpha value is -1.55. The highest BCUT2D eigenvalue weighted by Gasteiger charge is 2.56. The summed E-state index contributed by atoms with van der Waals surface area (Å²) in [5, 5.41) is 43.2. The van der Waals surface area contributed by atoms with Crippen LogP contribution in [0.15, 0.2) is 23.3 Å². The predicted octanol–water partition coefficient (Wildman–Crippen LogP) is 1.50. The van der Waals surface area contributed by atoms with Gasteiger partial charge in [-0.05, 0) is 43.1 Å². The van der Waals surface area contributed by atoms with Crippen LogP contribution in [0.2, 0.25) is 0 Å². The molecule has 5 N–H and O–H groups in total. The molecule has 25 heavy (non-hydrogen) atoms. The predicted molar refractivity (Wildman–Crippen MR) is 92.9 cm³/mol. The highest BCUT2D eigenvalue weighted by Crippen LogP contribution is 2.61. The van der Waals surface area contributed by atoms with Crippen LogP contribution >= 0.6 is 0 Å². The minimum absolute atomic E-state index is 0.00725. The third-order valence-corrected chi connectivity index (χ3v) is 6.61. The molecule has 3 rings (SSSR count). The minimum Gasteiger partial charge on any atom is -0.595 e. The Labute approximate surface area is 146 Å². The van der Waals surface area contributed by atoms with E-state index in [9.17, 15) is 15.6 Å². The average Bonchev–Trinajstić information content (AvgIpc) is 2.69. The van der Waals surface area contributed by atoms with Crippen molar-refractivity contribution in [2.24, 2.45) is 21.8 Å². The number of nitrogens with zero attached hydrogens (tertiary/aromatic N) is 1. The van der Waals surface area contributed by atoms with Crippen LogP contribution in [0.25, 0.3) is 0 Å². The van der Waals surface area contributed by atoms with E-state index in [4.69, 9.17) is 5.21 Å². The van der Waals surface area contributed by atoms with E-state index in [2.05, 4.69) is 31.3 Å². The van der Waals surface area contributed by atoms with Crippen LogP contribution in [0, 0.1) is 27.2 Å². The van der Waals surface area contributed by atoms with Crippen LogP contribution in [0.3, 0.4) is 0 Å². The van der Waals surface area contributed by atoms with Gasteiger partial charge >= 0.3 is 0 Å². The summed E-state index contributed by atoms with van der Waals surface area (Å²) in [5.41, 5.74) is 4.31. The van der Waals surface area contributed by atoms with Crippen LogP contribution in [-0.2, 0) is 0 Å². The molecular weight excluding hydrogens is 324 g/mol. The van der Waals surface area contributed by atoms with Gasteiger partial charge in [0.15, 0.2) is 11.4 Å². The zero-order valence-electron chi connectivity index (χ0n) is 14.8. The monoisotopic (exact) mass is 350 g/mol. The third-order valence-electron chi connectivity index (χ3n) is 6.61. The Kier molecular flexibility index (Phi) is 4.61. The Balaban J connectivity index is 1.89. The topological polar surface area (TPSA) is 120 Å². The molecule has 138 valence electrons. The smallest absolute Gasteiger partial charge is 0.195 e. The number of fused-ring (bicyclic) bond motifs is 2. The van der Waals surface area contributed by atoms with Crippen molar-refractivity contribution in [2.45, 2.75) is 46.5 Å². The van der Waals surface area contributed by atoms with Gasteiger partial charge in [0.05, 0.1) is 6.07 Å². The fraction of sp³-hybridized carbons (Fsp3) is 0.588. The van der Waals surface area contributed by atoms with Gasteiger partial charge < -0.3 is 10.4 Å². The van der Waals surface area contributed by atoms with Gasteiger partial charge in [0, 0.05) is 17.2 Å². The molecule has 0 heterocycles. The molecule has 0 amide bonds. The van der Waals surface area contributed by atoms with Crippen molar-refractivity contribution in [2.75, 3.05) is 5.43 Å². The molecule has 2 aliphatic rings. The molecule has 0 aliphatic heterocycles. The molecule has 2 unspecified atom stereocenters. The molecule has 1 aromatic rings. The normalized spacial score (nSPS) is 31.8. The van der Waals surface area contributed by atoms with Crippen molar-refractivity contribution in [3.05, 3.63) is 28.6 Å². The van der Waals surface area contributed by atoms with Crippen LogP contribution < -0.4 is 15.9 Å². The number of rotatable bonds is 4. The van der Waals surface area contributed by atoms with Gasteiger partial charge in [-0.1, -0.05) is 20.8 Å². The van der Waals surface area contributed by atoms with Crippen LogP contribution in [0.1, 0.15) is 46.5 Å². The van der Waals surface area contributed by atoms with E-state index in [1.165, 1.54) is 18.6 Å². The molecule has 0 radical (unpaired) electrons. The Morgan fingerprint density at radius 3 is 2.52 bits per heavy atom. The Bertz CT molecular complexity index is 689. The highest BCUT2D eigenvalue weighted by atomic mass is 16.8. The first kappa shape index (κ1) is 18.2. The van der Waals surface area contributed by atoms with E-state index >= 15 is 0 Å². The molecule has 0 spiro atoms. The number of hydrogen-bond acceptors (Lipinski definition) is 6. The molecule has 8 heteroatoms. The molecule has 8 nitrogen and oxygen atoms in total. The van der Waals surface area contributed by atoms with Crippen molar-refractivity contribution in [3.8, 4) is 0 Å². The molecule has 2 aliphatic carbocycles. The van der Waals surface area contributed by atoms with Crippen molar-refractivity contribution < 1.29 is 20.9 Å². The van der Waals surface area contributed by atoms with Gasteiger partial charge in [0.2, 0.25) is 0 Å². The molecule has 0 aromatic heterocycles. The van der Waals surface area contributed by atoms with Gasteiger partial charge in [-0.15, -0.1) is 0 Å². The second-order valence-corrected chi connectivity index (χ2v) is 7.87. The zero-order chi connectivity index (χ0) is 18.4. The van der Waals surface area contributed by atoms with Crippen molar-refractivity contribution >= 4 is 22.8 Å². The average molecular weight is 350 g/mol. The Morgan fingerprint density at radius 2 is 1.88 bits per heavy atom. The van der Waals surface area contributed by atoms with Gasteiger partial charge in [-0.25, -0.2) is 10.4 Å². The van der Waals surface area contributed by atoms with Gasteiger partial charge in [-0.2, -0.15) is 15.6 Å². The summed E-state index contributed by atoms with van der Waals surface area (Å²) in [4.78, 5) is 0. The molecule has 2 bridgehead atoms. The molecule has 2 saturated carbocycles. The van der Waals surface area contributed by atoms with Gasteiger partial charge in [0.1, 0.15) is 5.69 Å². The van der Waals surface area contributed by atoms with Crippen molar-refractivity contribution in [1.29, 1.82) is 0 Å². The SMILES string of the molecule is CC1(C)[C@@H]2CCC(=NNc3ccc([NH+]([O-])O)cc3[NH+]([O-])O)[C@@]1(C)CC2. The summed E-state index contributed by atoms with van der Waals surface area (Å²) < 4.78 is 0. The maximum absolute atomic E-state index is 11.5. The van der Waals surface area contributed by atoms with Crippen LogP contribution in [0.5, 0.6) is 0 Å². The fourth-order valence-electron chi connectivity index (χ4n) is 4.46. The number of benzene rings is 1. The zero-order valence-corrected chi connectivity index (χ0v) is 14.8. The highest BCUT2D eigenvalue weighted by molar-refractivity contribution is 5.92. The number of quaternary nitrogens is 2. The first-order valence-corrected chi connectivity index (χ1v) is 8.60. The lowest BCUT2D eigenvalue weighted by Gasteiger charge is -2.46. The number of hydrogen-bond donors (Lipinski definition) is 5. The summed E-state index contributed by atoms with van der Waals surface area (Å²) >= 11 is 0. The molecular formula is C17H26N4O4. The van der Waals surface area contributed by atoms with Crippen molar-refractivity contribution in [3.63, 3.8) is 0 Å². The number of anilines is 1. The minimum atomic E-state index is -1.18. The van der Waals surface area contributed by atoms with E-state index in [0.29, 0.717) is 11.6 Å².